The fourth-order valence-corrected chi connectivity index (χ4v) is 20.0. The Bertz CT molecular complexity index is 2040. The lowest BCUT2D eigenvalue weighted by Gasteiger charge is -2.63. The van der Waals surface area contributed by atoms with Gasteiger partial charge in [0.1, 0.15) is 0 Å². The van der Waals surface area contributed by atoms with E-state index in [9.17, 15) is 41.2 Å². The van der Waals surface area contributed by atoms with Gasteiger partial charge in [0, 0.05) is 32.0 Å². The zero-order valence-corrected chi connectivity index (χ0v) is 43.8. The van der Waals surface area contributed by atoms with E-state index < -0.39 is 37.8 Å². The van der Waals surface area contributed by atoms with E-state index in [-0.39, 0.29) is 71.0 Å². The van der Waals surface area contributed by atoms with Crippen molar-refractivity contribution >= 4 is 32.1 Å². The van der Waals surface area contributed by atoms with Crippen molar-refractivity contribution in [3.8, 4) is 0 Å². The summed E-state index contributed by atoms with van der Waals surface area (Å²) in [6, 6.07) is -0.147. The molecule has 8 aliphatic carbocycles. The first-order chi connectivity index (χ1) is 31.3. The van der Waals surface area contributed by atoms with Crippen molar-refractivity contribution in [2.45, 2.75) is 195 Å². The molecule has 0 aromatic carbocycles. The molecule has 384 valence electrons. The number of carbonyl (C=O) groups excluding carboxylic acids is 2. The van der Waals surface area contributed by atoms with Crippen molar-refractivity contribution in [1.29, 1.82) is 0 Å². The number of nitrogens with zero attached hydrogens (tertiary/aromatic N) is 1. The Balaban J connectivity index is 0.890. The molecular weight excluding hydrogens is 889 g/mol. The fraction of sp³-hybridized carbons (Fsp3) is 0.962. The molecule has 14 heteroatoms. The van der Waals surface area contributed by atoms with Crippen LogP contribution in [0.2, 0.25) is 0 Å². The summed E-state index contributed by atoms with van der Waals surface area (Å²) in [7, 11) is -8.42. The van der Waals surface area contributed by atoms with E-state index in [1.165, 1.54) is 32.1 Å². The summed E-state index contributed by atoms with van der Waals surface area (Å²) in [6.07, 6.45) is 18.1. The number of fused-ring (bicyclic) bond motifs is 10. The van der Waals surface area contributed by atoms with Gasteiger partial charge in [-0.25, -0.2) is 0 Å². The van der Waals surface area contributed by atoms with Gasteiger partial charge in [-0.2, -0.15) is 16.8 Å². The van der Waals surface area contributed by atoms with Crippen molar-refractivity contribution in [3.05, 3.63) is 0 Å². The standard InChI is InChI=1S/C53H90N2O10S2/c1-32-16-20-50(4)35(28-32)30-44(56)48-40-13-11-39(53(40,7)22-18-42(48)50)34(3)9-15-47(59)55(25-27-67(63,64)65)37-17-21-51(5)36(29-37)31-45(57)49-41-12-10-38(52(41,6)23-19-43(49)51)33(2)8-14-46(58)54-24-26-66(60,61)62/h32-45,48-49,56-57H,8-31H2,1-7H3,(H,54,58)(H,60,61,62)(H,63,64,65)/t32-,33+,34-,35?,36?,37+,38+,39-,40?,41?,42+,43-,44+,45-,48+,49-,50+,51-,52+,53-/m1/s1. The van der Waals surface area contributed by atoms with Gasteiger partial charge in [-0.05, 0) is 208 Å². The van der Waals surface area contributed by atoms with Crippen molar-refractivity contribution in [2.24, 2.45) is 98.6 Å². The predicted octanol–water partition coefficient (Wildman–Crippen LogP) is 8.80. The molecule has 8 fully saturated rings. The number of amides is 2. The van der Waals surface area contributed by atoms with Gasteiger partial charge in [0.05, 0.1) is 23.7 Å². The molecule has 0 saturated heterocycles. The van der Waals surface area contributed by atoms with Crippen LogP contribution in [0.3, 0.4) is 0 Å². The van der Waals surface area contributed by atoms with Crippen LogP contribution in [0.4, 0.5) is 0 Å². The number of carbonyl (C=O) groups is 2. The Morgan fingerprint density at radius 3 is 1.60 bits per heavy atom. The minimum atomic E-state index is -4.29. The molecule has 5 N–H and O–H groups in total. The smallest absolute Gasteiger partial charge is 0.266 e. The van der Waals surface area contributed by atoms with Crippen LogP contribution in [-0.4, -0.2) is 95.7 Å². The second-order valence-corrected chi connectivity index (χ2v) is 29.0. The number of nitrogens with one attached hydrogen (secondary N) is 1. The maximum atomic E-state index is 14.5. The third-order valence-corrected chi connectivity index (χ3v) is 24.2. The maximum Gasteiger partial charge on any atom is 0.266 e. The summed E-state index contributed by atoms with van der Waals surface area (Å²) < 4.78 is 65.5. The molecule has 8 saturated carbocycles. The number of aliphatic hydroxyl groups is 2. The van der Waals surface area contributed by atoms with Gasteiger partial charge in [0.25, 0.3) is 20.2 Å². The Morgan fingerprint density at radius 1 is 0.612 bits per heavy atom. The van der Waals surface area contributed by atoms with E-state index in [0.717, 1.165) is 76.5 Å². The molecule has 0 spiro atoms. The molecule has 0 heterocycles. The third kappa shape index (κ3) is 9.97. The van der Waals surface area contributed by atoms with Crippen LogP contribution in [-0.2, 0) is 29.8 Å². The summed E-state index contributed by atoms with van der Waals surface area (Å²) in [6.45, 7) is 16.7. The Kier molecular flexibility index (Phi) is 15.0. The van der Waals surface area contributed by atoms with Crippen LogP contribution in [0.5, 0.6) is 0 Å². The van der Waals surface area contributed by atoms with Gasteiger partial charge in [0.2, 0.25) is 11.8 Å². The largest absolute Gasteiger partial charge is 0.393 e. The maximum absolute atomic E-state index is 14.5. The van der Waals surface area contributed by atoms with Gasteiger partial charge >= 0.3 is 0 Å². The van der Waals surface area contributed by atoms with E-state index in [1.54, 1.807) is 4.90 Å². The molecule has 4 unspecified atom stereocenters. The Labute approximate surface area is 404 Å². The Morgan fingerprint density at radius 2 is 1.07 bits per heavy atom. The van der Waals surface area contributed by atoms with Gasteiger partial charge < -0.3 is 20.4 Å². The SMILES string of the molecule is C[C@@H]1CC[C@@]2(C)C(C1)C[C@H](O)[C@H]1C3CC[C@H]([C@H](C)CCC(=O)N(CCS(=O)(=O)O)[C@H]4CC[C@]5(C)C(C4)C[C@@H](O)[C@@H]4C6CC[C@@H]([C@@H](C)CCC(=O)NCCS(=O)(=O)O)[C@]6(C)CC[C@H]45)[C@@]3(C)CC[C@@H]12. The average molecular weight is 979 g/mol. The lowest BCUT2D eigenvalue weighted by molar-refractivity contribution is -0.172. The lowest BCUT2D eigenvalue weighted by Crippen LogP contribution is -2.60. The van der Waals surface area contributed by atoms with Crippen LogP contribution in [0.25, 0.3) is 0 Å². The topological polar surface area (TPSA) is 199 Å². The first-order valence-electron chi connectivity index (χ1n) is 27.1. The second-order valence-electron chi connectivity index (χ2n) is 25.9. The molecule has 8 aliphatic rings. The highest BCUT2D eigenvalue weighted by Gasteiger charge is 2.65. The number of aliphatic hydroxyl groups excluding tert-OH is 2. The predicted molar refractivity (Wildman–Crippen MR) is 261 cm³/mol. The Hall–Kier alpha value is -1.32. The van der Waals surface area contributed by atoms with Crippen LogP contribution < -0.4 is 5.32 Å². The lowest BCUT2D eigenvalue weighted by atomic mass is 9.43. The first kappa shape index (κ1) is 52.0. The molecule has 0 aliphatic heterocycles. The molecule has 12 nitrogen and oxygen atoms in total. The van der Waals surface area contributed by atoms with Crippen LogP contribution in [0, 0.1) is 98.6 Å². The van der Waals surface area contributed by atoms with E-state index in [2.05, 4.69) is 53.8 Å². The molecule has 0 aromatic rings. The van der Waals surface area contributed by atoms with Crippen LogP contribution in [0.1, 0.15) is 177 Å². The summed E-state index contributed by atoms with van der Waals surface area (Å²) in [5.41, 5.74) is 0.501. The van der Waals surface area contributed by atoms with Crippen LogP contribution in [0.15, 0.2) is 0 Å². The zero-order valence-electron chi connectivity index (χ0n) is 42.2. The van der Waals surface area contributed by atoms with Gasteiger partial charge in [-0.15, -0.1) is 0 Å². The molecule has 67 heavy (non-hydrogen) atoms. The quantitative estimate of drug-likeness (QED) is 0.0989. The van der Waals surface area contributed by atoms with Crippen molar-refractivity contribution in [3.63, 3.8) is 0 Å². The van der Waals surface area contributed by atoms with Crippen LogP contribution >= 0.6 is 0 Å². The van der Waals surface area contributed by atoms with E-state index in [1.807, 2.05) is 0 Å². The summed E-state index contributed by atoms with van der Waals surface area (Å²) in [5, 5.41) is 26.7. The average Bonchev–Trinajstić information content (AvgIpc) is 3.79. The molecule has 8 rings (SSSR count). The number of hydrogen-bond acceptors (Lipinski definition) is 8. The normalized spacial score (nSPS) is 45.8. The fourth-order valence-electron chi connectivity index (χ4n) is 19.3. The summed E-state index contributed by atoms with van der Waals surface area (Å²) >= 11 is 0. The molecule has 2 amide bonds. The first-order valence-corrected chi connectivity index (χ1v) is 30.3. The van der Waals surface area contributed by atoms with E-state index >= 15 is 0 Å². The molecule has 0 aromatic heterocycles. The number of rotatable bonds is 15. The highest BCUT2D eigenvalue weighted by atomic mass is 32.2. The monoisotopic (exact) mass is 979 g/mol. The molecule has 0 radical (unpaired) electrons. The van der Waals surface area contributed by atoms with Gasteiger partial charge in [-0.3, -0.25) is 18.7 Å². The second kappa shape index (κ2) is 19.3. The summed E-state index contributed by atoms with van der Waals surface area (Å²) in [5.74, 6) is 4.21. The number of hydrogen-bond donors (Lipinski definition) is 5. The van der Waals surface area contributed by atoms with E-state index in [0.29, 0.717) is 84.4 Å². The highest BCUT2D eigenvalue weighted by Crippen LogP contribution is 2.70. The van der Waals surface area contributed by atoms with E-state index in [4.69, 9.17) is 4.55 Å². The molecule has 0 bridgehead atoms. The van der Waals surface area contributed by atoms with Crippen molar-refractivity contribution in [2.75, 3.05) is 24.6 Å². The van der Waals surface area contributed by atoms with Crippen molar-refractivity contribution < 1.29 is 45.7 Å². The molecule has 20 atom stereocenters. The van der Waals surface area contributed by atoms with Crippen molar-refractivity contribution in [1.82, 2.24) is 10.2 Å². The van der Waals surface area contributed by atoms with Gasteiger partial charge in [0.15, 0.2) is 0 Å². The molecular formula is C53H90N2O10S2. The third-order valence-electron chi connectivity index (χ3n) is 22.8. The van der Waals surface area contributed by atoms with Gasteiger partial charge in [-0.1, -0.05) is 54.9 Å². The minimum Gasteiger partial charge on any atom is -0.393 e. The zero-order chi connectivity index (χ0) is 48.6. The minimum absolute atomic E-state index is 0.00896. The summed E-state index contributed by atoms with van der Waals surface area (Å²) in [4.78, 5) is 28.9. The highest BCUT2D eigenvalue weighted by molar-refractivity contribution is 7.86.